The van der Waals surface area contributed by atoms with Gasteiger partial charge in [-0.2, -0.15) is 5.10 Å². The number of rotatable bonds is 5. The Kier molecular flexibility index (Phi) is 5.78. The number of carbonyl (C=O) groups excluding carboxylic acids is 2. The molecule has 0 aliphatic rings. The summed E-state index contributed by atoms with van der Waals surface area (Å²) >= 11 is 7.61. The van der Waals surface area contributed by atoms with Crippen molar-refractivity contribution in [2.75, 3.05) is 0 Å². The number of hydrazone groups is 1. The van der Waals surface area contributed by atoms with Crippen LogP contribution in [0.3, 0.4) is 0 Å². The summed E-state index contributed by atoms with van der Waals surface area (Å²) in [6, 6.07) is 14.2. The van der Waals surface area contributed by atoms with Crippen molar-refractivity contribution in [2.24, 2.45) is 5.10 Å². The van der Waals surface area contributed by atoms with Gasteiger partial charge < -0.3 is 4.74 Å². The van der Waals surface area contributed by atoms with E-state index in [9.17, 15) is 9.59 Å². The second kappa shape index (κ2) is 8.81. The molecule has 4 aromatic rings. The van der Waals surface area contributed by atoms with E-state index in [0.29, 0.717) is 21.2 Å². The van der Waals surface area contributed by atoms with Crippen LogP contribution in [-0.2, 0) is 0 Å². The molecule has 4 rings (SSSR count). The van der Waals surface area contributed by atoms with Gasteiger partial charge >= 0.3 is 5.97 Å². The Morgan fingerprint density at radius 2 is 1.90 bits per heavy atom. The summed E-state index contributed by atoms with van der Waals surface area (Å²) in [4.78, 5) is 32.4. The van der Waals surface area contributed by atoms with Crippen molar-refractivity contribution in [1.82, 2.24) is 15.4 Å². The van der Waals surface area contributed by atoms with E-state index in [4.69, 9.17) is 16.3 Å². The van der Waals surface area contributed by atoms with Gasteiger partial charge in [-0.15, -0.1) is 11.3 Å². The molecule has 0 aliphatic heterocycles. The first-order valence-electron chi connectivity index (χ1n) is 8.70. The lowest BCUT2D eigenvalue weighted by atomic mass is 10.2. The smallest absolute Gasteiger partial charge is 0.355 e. The van der Waals surface area contributed by atoms with Crippen LogP contribution in [0.25, 0.3) is 10.1 Å². The average Bonchev–Trinajstić information content (AvgIpc) is 3.12. The van der Waals surface area contributed by atoms with Crippen molar-refractivity contribution in [1.29, 1.82) is 0 Å². The molecule has 30 heavy (non-hydrogen) atoms. The number of thiophene rings is 1. The van der Waals surface area contributed by atoms with E-state index < -0.39 is 11.9 Å². The Labute approximate surface area is 180 Å². The highest BCUT2D eigenvalue weighted by molar-refractivity contribution is 7.21. The van der Waals surface area contributed by atoms with Crippen LogP contribution in [0.2, 0.25) is 5.02 Å². The highest BCUT2D eigenvalue weighted by atomic mass is 35.5. The van der Waals surface area contributed by atoms with Crippen LogP contribution in [-0.4, -0.2) is 28.1 Å². The molecule has 0 saturated heterocycles. The quantitative estimate of drug-likeness (QED) is 0.217. The van der Waals surface area contributed by atoms with Gasteiger partial charge in [-0.05, 0) is 35.9 Å². The summed E-state index contributed by atoms with van der Waals surface area (Å²) in [6.45, 7) is 0. The Bertz CT molecular complexity index is 1240. The number of halogens is 1. The number of hydrogen-bond acceptors (Lipinski definition) is 7. The molecular weight excluding hydrogens is 424 g/mol. The van der Waals surface area contributed by atoms with Gasteiger partial charge in [0.15, 0.2) is 0 Å². The first-order valence-corrected chi connectivity index (χ1v) is 9.90. The van der Waals surface area contributed by atoms with E-state index in [-0.39, 0.29) is 5.69 Å². The highest BCUT2D eigenvalue weighted by Crippen LogP contribution is 2.35. The minimum absolute atomic E-state index is 0.164. The molecule has 0 aliphatic carbocycles. The molecule has 2 aromatic heterocycles. The number of nitrogens with zero attached hydrogens (tertiary/aromatic N) is 3. The fourth-order valence-corrected chi connectivity index (χ4v) is 3.94. The molecule has 7 nitrogen and oxygen atoms in total. The molecule has 0 radical (unpaired) electrons. The summed E-state index contributed by atoms with van der Waals surface area (Å²) in [6.07, 6.45) is 5.70. The van der Waals surface area contributed by atoms with Crippen LogP contribution in [0.5, 0.6) is 5.75 Å². The van der Waals surface area contributed by atoms with Crippen LogP contribution in [0.1, 0.15) is 25.7 Å². The molecule has 0 atom stereocenters. The van der Waals surface area contributed by atoms with E-state index in [1.54, 1.807) is 24.3 Å². The summed E-state index contributed by atoms with van der Waals surface area (Å²) < 4.78 is 6.34. The second-order valence-electron chi connectivity index (χ2n) is 5.99. The first kappa shape index (κ1) is 19.7. The summed E-state index contributed by atoms with van der Waals surface area (Å²) in [5, 5.41) is 5.09. The van der Waals surface area contributed by atoms with E-state index >= 15 is 0 Å². The Morgan fingerprint density at radius 3 is 2.63 bits per heavy atom. The fraction of sp³-hybridized carbons (Fsp3) is 0. The predicted octanol–water partition coefficient (Wildman–Crippen LogP) is 4.33. The lowest BCUT2D eigenvalue weighted by Crippen LogP contribution is -2.19. The van der Waals surface area contributed by atoms with Gasteiger partial charge in [-0.25, -0.2) is 15.2 Å². The number of carbonyl (C=O) groups is 2. The van der Waals surface area contributed by atoms with E-state index in [1.165, 1.54) is 36.1 Å². The van der Waals surface area contributed by atoms with Crippen LogP contribution < -0.4 is 10.2 Å². The maximum atomic E-state index is 12.5. The molecule has 1 N–H and O–H groups in total. The number of hydrogen-bond donors (Lipinski definition) is 1. The lowest BCUT2D eigenvalue weighted by Gasteiger charge is -2.03. The molecule has 148 valence electrons. The van der Waals surface area contributed by atoms with Crippen LogP contribution in [0, 0.1) is 0 Å². The largest absolute Gasteiger partial charge is 0.422 e. The zero-order valence-electron chi connectivity index (χ0n) is 15.3. The average molecular weight is 437 g/mol. The van der Waals surface area contributed by atoms with Gasteiger partial charge in [0, 0.05) is 22.5 Å². The van der Waals surface area contributed by atoms with Gasteiger partial charge in [0.2, 0.25) is 0 Å². The highest BCUT2D eigenvalue weighted by Gasteiger charge is 2.18. The third kappa shape index (κ3) is 4.35. The summed E-state index contributed by atoms with van der Waals surface area (Å²) in [7, 11) is 0. The van der Waals surface area contributed by atoms with E-state index in [0.717, 1.165) is 10.1 Å². The molecule has 0 bridgehead atoms. The molecule has 0 unspecified atom stereocenters. The third-order valence-electron chi connectivity index (χ3n) is 3.99. The minimum atomic E-state index is -0.515. The van der Waals surface area contributed by atoms with Gasteiger partial charge in [-0.1, -0.05) is 29.8 Å². The van der Waals surface area contributed by atoms with Crippen LogP contribution in [0.4, 0.5) is 0 Å². The van der Waals surface area contributed by atoms with Gasteiger partial charge in [0.25, 0.3) is 5.91 Å². The standard InChI is InChI=1S/C21H13ClN4O3S/c22-18-15-3-1-2-4-17(15)30-19(18)21(28)29-14-7-5-13(6-8-14)11-25-26-20(27)16-12-23-9-10-24-16/h1-12H,(H,26,27)/b25-11+. The zero-order chi connectivity index (χ0) is 20.9. The molecule has 2 aromatic carbocycles. The van der Waals surface area contributed by atoms with Crippen molar-refractivity contribution in [3.8, 4) is 5.75 Å². The molecule has 0 saturated carbocycles. The lowest BCUT2D eigenvalue weighted by molar-refractivity contribution is 0.0739. The van der Waals surface area contributed by atoms with Crippen molar-refractivity contribution in [3.63, 3.8) is 0 Å². The summed E-state index contributed by atoms with van der Waals surface area (Å²) in [5.41, 5.74) is 3.23. The van der Waals surface area contributed by atoms with Crippen molar-refractivity contribution in [3.05, 3.63) is 88.3 Å². The van der Waals surface area contributed by atoms with Crippen LogP contribution >= 0.6 is 22.9 Å². The molecule has 0 fully saturated rings. The monoisotopic (exact) mass is 436 g/mol. The van der Waals surface area contributed by atoms with Crippen LogP contribution in [0.15, 0.2) is 72.2 Å². The molecule has 2 heterocycles. The number of nitrogens with one attached hydrogen (secondary N) is 1. The Balaban J connectivity index is 1.39. The summed E-state index contributed by atoms with van der Waals surface area (Å²) in [5.74, 6) is -0.613. The van der Waals surface area contributed by atoms with Gasteiger partial charge in [-0.3, -0.25) is 9.78 Å². The van der Waals surface area contributed by atoms with Gasteiger partial charge in [0.1, 0.15) is 16.3 Å². The van der Waals surface area contributed by atoms with E-state index in [1.807, 2.05) is 24.3 Å². The zero-order valence-corrected chi connectivity index (χ0v) is 16.9. The molecule has 1 amide bonds. The maximum absolute atomic E-state index is 12.5. The number of aromatic nitrogens is 2. The normalized spacial score (nSPS) is 11.0. The number of fused-ring (bicyclic) bond motifs is 1. The number of amides is 1. The maximum Gasteiger partial charge on any atom is 0.355 e. The first-order chi connectivity index (χ1) is 14.6. The number of esters is 1. The number of ether oxygens (including phenoxy) is 1. The van der Waals surface area contributed by atoms with Crippen molar-refractivity contribution in [2.45, 2.75) is 0 Å². The fourth-order valence-electron chi connectivity index (χ4n) is 2.56. The predicted molar refractivity (Wildman–Crippen MR) is 115 cm³/mol. The van der Waals surface area contributed by atoms with Crippen molar-refractivity contribution >= 4 is 51.1 Å². The minimum Gasteiger partial charge on any atom is -0.422 e. The molecule has 9 heteroatoms. The second-order valence-corrected chi connectivity index (χ2v) is 7.42. The third-order valence-corrected chi connectivity index (χ3v) is 5.64. The topological polar surface area (TPSA) is 93.5 Å². The number of benzene rings is 2. The SMILES string of the molecule is O=C(N/N=C/c1ccc(OC(=O)c2sc3ccccc3c2Cl)cc1)c1cnccn1. The Hall–Kier alpha value is -3.62. The Morgan fingerprint density at radius 1 is 1.10 bits per heavy atom. The van der Waals surface area contributed by atoms with Gasteiger partial charge in [0.05, 0.1) is 17.4 Å². The molecular formula is C21H13ClN4O3S. The molecule has 0 spiro atoms. The van der Waals surface area contributed by atoms with Crippen molar-refractivity contribution < 1.29 is 14.3 Å². The van der Waals surface area contributed by atoms with E-state index in [2.05, 4.69) is 20.5 Å².